The molecule has 0 aromatic carbocycles. The predicted molar refractivity (Wildman–Crippen MR) is 72.8 cm³/mol. The molecule has 0 spiro atoms. The first-order valence-electron chi connectivity index (χ1n) is 5.35. The second kappa shape index (κ2) is 5.71. The van der Waals surface area contributed by atoms with E-state index in [1.54, 1.807) is 24.7 Å². The van der Waals surface area contributed by atoms with Crippen LogP contribution in [0.2, 0.25) is 0 Å². The molecule has 3 nitrogen and oxygen atoms in total. The van der Waals surface area contributed by atoms with E-state index in [0.29, 0.717) is 0 Å². The fourth-order valence-electron chi connectivity index (χ4n) is 1.71. The van der Waals surface area contributed by atoms with Gasteiger partial charge in [0.15, 0.2) is 0 Å². The summed E-state index contributed by atoms with van der Waals surface area (Å²) in [5.74, 6) is 1.77. The van der Waals surface area contributed by atoms with Crippen LogP contribution in [-0.4, -0.2) is 13.7 Å². The highest BCUT2D eigenvalue weighted by Crippen LogP contribution is 2.37. The third-order valence-corrected chi connectivity index (χ3v) is 4.07. The summed E-state index contributed by atoms with van der Waals surface area (Å²) in [6.45, 7) is 2.93. The Morgan fingerprint density at radius 1 is 1.53 bits per heavy atom. The van der Waals surface area contributed by atoms with Crippen LogP contribution in [0.1, 0.15) is 23.6 Å². The Bertz CT molecular complexity index is 480. The van der Waals surface area contributed by atoms with E-state index in [9.17, 15) is 0 Å². The van der Waals surface area contributed by atoms with Gasteiger partial charge in [-0.15, -0.1) is 11.3 Å². The molecule has 2 aromatic heterocycles. The first-order chi connectivity index (χ1) is 8.27. The predicted octanol–water partition coefficient (Wildman–Crippen LogP) is 3.81. The summed E-state index contributed by atoms with van der Waals surface area (Å²) in [7, 11) is 1.69. The van der Waals surface area contributed by atoms with Gasteiger partial charge in [0.1, 0.15) is 17.6 Å². The zero-order valence-corrected chi connectivity index (χ0v) is 12.1. The third-order valence-electron chi connectivity index (χ3n) is 2.45. The molecule has 0 radical (unpaired) electrons. The van der Waals surface area contributed by atoms with Crippen molar-refractivity contribution in [3.63, 3.8) is 0 Å². The minimum Gasteiger partial charge on any atom is -0.496 e. The van der Waals surface area contributed by atoms with Crippen molar-refractivity contribution < 1.29 is 9.15 Å². The van der Waals surface area contributed by atoms with Crippen molar-refractivity contribution in [2.24, 2.45) is 0 Å². The molecule has 1 N–H and O–H groups in total. The molecule has 0 fully saturated rings. The van der Waals surface area contributed by atoms with Gasteiger partial charge in [-0.3, -0.25) is 0 Å². The van der Waals surface area contributed by atoms with Crippen LogP contribution in [0.25, 0.3) is 0 Å². The van der Waals surface area contributed by atoms with E-state index in [2.05, 4.69) is 28.2 Å². The normalized spacial score (nSPS) is 12.6. The lowest BCUT2D eigenvalue weighted by molar-refractivity contribution is 0.398. The van der Waals surface area contributed by atoms with Gasteiger partial charge in [-0.2, -0.15) is 0 Å². The fourth-order valence-corrected chi connectivity index (χ4v) is 3.07. The molecular formula is C12H14BrNO2S. The summed E-state index contributed by atoms with van der Waals surface area (Å²) in [6.07, 6.45) is 1.68. The lowest BCUT2D eigenvalue weighted by Gasteiger charge is -2.16. The van der Waals surface area contributed by atoms with E-state index < -0.39 is 0 Å². The molecule has 5 heteroatoms. The van der Waals surface area contributed by atoms with Crippen LogP contribution in [0.3, 0.4) is 0 Å². The molecule has 1 unspecified atom stereocenters. The number of ether oxygens (including phenoxy) is 1. The van der Waals surface area contributed by atoms with E-state index in [1.165, 1.54) is 0 Å². The Labute approximate surface area is 113 Å². The third kappa shape index (κ3) is 2.56. The van der Waals surface area contributed by atoms with Crippen molar-refractivity contribution in [3.8, 4) is 5.75 Å². The zero-order valence-electron chi connectivity index (χ0n) is 9.70. The second-order valence-corrected chi connectivity index (χ2v) is 5.28. The molecule has 0 aliphatic heterocycles. The highest BCUT2D eigenvalue weighted by atomic mass is 79.9. The molecular weight excluding hydrogens is 302 g/mol. The Kier molecular flexibility index (Phi) is 4.25. The maximum absolute atomic E-state index is 5.54. The van der Waals surface area contributed by atoms with Gasteiger partial charge in [0.2, 0.25) is 0 Å². The highest BCUT2D eigenvalue weighted by Gasteiger charge is 2.23. The van der Waals surface area contributed by atoms with Crippen molar-refractivity contribution in [2.45, 2.75) is 13.0 Å². The average Bonchev–Trinajstić information content (AvgIpc) is 2.94. The topological polar surface area (TPSA) is 34.4 Å². The Morgan fingerprint density at radius 3 is 2.94 bits per heavy atom. The number of methoxy groups -OCH3 is 1. The van der Waals surface area contributed by atoms with Gasteiger partial charge in [0.25, 0.3) is 0 Å². The summed E-state index contributed by atoms with van der Waals surface area (Å²) < 4.78 is 11.9. The number of thiophene rings is 1. The number of rotatable bonds is 5. The average molecular weight is 316 g/mol. The van der Waals surface area contributed by atoms with E-state index in [1.807, 2.05) is 17.5 Å². The first kappa shape index (κ1) is 12.7. The Morgan fingerprint density at radius 2 is 2.35 bits per heavy atom. The molecule has 92 valence electrons. The van der Waals surface area contributed by atoms with Gasteiger partial charge in [-0.1, -0.05) is 6.92 Å². The number of furan rings is 1. The number of hydrogen-bond acceptors (Lipinski definition) is 4. The number of hydrogen-bond donors (Lipinski definition) is 1. The molecule has 1 atom stereocenters. The summed E-state index contributed by atoms with van der Waals surface area (Å²) in [5, 5.41) is 5.43. The van der Waals surface area contributed by atoms with Crippen LogP contribution in [0.4, 0.5) is 0 Å². The van der Waals surface area contributed by atoms with Crippen molar-refractivity contribution >= 4 is 27.3 Å². The standard InChI is InChI=1S/C12H14BrNO2S/c1-3-14-10(11-8(13)4-6-16-11)12-9(15-2)5-7-17-12/h4-7,10,14H,3H2,1-2H3. The second-order valence-electron chi connectivity index (χ2n) is 3.48. The molecule has 2 heterocycles. The summed E-state index contributed by atoms with van der Waals surface area (Å²) in [6, 6.07) is 3.90. The van der Waals surface area contributed by atoms with E-state index in [0.717, 1.165) is 27.4 Å². The van der Waals surface area contributed by atoms with E-state index in [4.69, 9.17) is 9.15 Å². The molecule has 0 amide bonds. The van der Waals surface area contributed by atoms with Gasteiger partial charge < -0.3 is 14.5 Å². The van der Waals surface area contributed by atoms with Gasteiger partial charge in [0.05, 0.1) is 22.7 Å². The molecule has 2 rings (SSSR count). The summed E-state index contributed by atoms with van der Waals surface area (Å²) in [4.78, 5) is 1.13. The van der Waals surface area contributed by atoms with Crippen LogP contribution in [0, 0.1) is 0 Å². The summed E-state index contributed by atoms with van der Waals surface area (Å²) in [5.41, 5.74) is 0. The van der Waals surface area contributed by atoms with E-state index in [-0.39, 0.29) is 6.04 Å². The van der Waals surface area contributed by atoms with Gasteiger partial charge in [-0.25, -0.2) is 0 Å². The van der Waals surface area contributed by atoms with Gasteiger partial charge in [-0.05, 0) is 40.0 Å². The molecule has 0 aliphatic carbocycles. The van der Waals surface area contributed by atoms with Gasteiger partial charge in [0, 0.05) is 0 Å². The lowest BCUT2D eigenvalue weighted by Crippen LogP contribution is -2.21. The maximum Gasteiger partial charge on any atom is 0.140 e. The largest absolute Gasteiger partial charge is 0.496 e. The van der Waals surface area contributed by atoms with Crippen molar-refractivity contribution in [3.05, 3.63) is 38.9 Å². The SMILES string of the molecule is CCNC(c1occc1Br)c1sccc1OC. The fraction of sp³-hybridized carbons (Fsp3) is 0.333. The molecule has 0 saturated heterocycles. The number of nitrogens with one attached hydrogen (secondary N) is 1. The van der Waals surface area contributed by atoms with Crippen LogP contribution in [0.15, 0.2) is 32.7 Å². The lowest BCUT2D eigenvalue weighted by atomic mass is 10.1. The van der Waals surface area contributed by atoms with E-state index >= 15 is 0 Å². The minimum absolute atomic E-state index is 0.0272. The zero-order chi connectivity index (χ0) is 12.3. The van der Waals surface area contributed by atoms with Crippen molar-refractivity contribution in [2.75, 3.05) is 13.7 Å². The monoisotopic (exact) mass is 315 g/mol. The number of halogens is 1. The van der Waals surface area contributed by atoms with Crippen LogP contribution < -0.4 is 10.1 Å². The highest BCUT2D eigenvalue weighted by molar-refractivity contribution is 9.10. The van der Waals surface area contributed by atoms with Gasteiger partial charge >= 0.3 is 0 Å². The molecule has 0 saturated carbocycles. The first-order valence-corrected chi connectivity index (χ1v) is 7.02. The Hall–Kier alpha value is -0.780. The summed E-state index contributed by atoms with van der Waals surface area (Å²) >= 11 is 5.16. The van der Waals surface area contributed by atoms with Crippen LogP contribution in [-0.2, 0) is 0 Å². The van der Waals surface area contributed by atoms with Crippen LogP contribution in [0.5, 0.6) is 5.75 Å². The molecule has 2 aromatic rings. The van der Waals surface area contributed by atoms with Crippen LogP contribution >= 0.6 is 27.3 Å². The molecule has 17 heavy (non-hydrogen) atoms. The van der Waals surface area contributed by atoms with Crippen molar-refractivity contribution in [1.29, 1.82) is 0 Å². The quantitative estimate of drug-likeness (QED) is 0.911. The Balaban J connectivity index is 2.39. The molecule has 0 bridgehead atoms. The maximum atomic E-state index is 5.54. The molecule has 0 aliphatic rings. The smallest absolute Gasteiger partial charge is 0.140 e. The minimum atomic E-state index is 0.0272. The van der Waals surface area contributed by atoms with Crippen molar-refractivity contribution in [1.82, 2.24) is 5.32 Å².